The number of aromatic nitrogens is 2. The molecule has 36 heavy (non-hydrogen) atoms. The Kier molecular flexibility index (Phi) is 7.40. The molecule has 1 aromatic heterocycles. The maximum Gasteiger partial charge on any atom is 0.249 e. The summed E-state index contributed by atoms with van der Waals surface area (Å²) in [5, 5.41) is 7.39. The number of rotatable bonds is 6. The van der Waals surface area contributed by atoms with E-state index in [1.165, 1.54) is 11.6 Å². The van der Waals surface area contributed by atoms with Crippen molar-refractivity contribution in [3.05, 3.63) is 83.1 Å². The topological polar surface area (TPSA) is 70.5 Å². The maximum absolute atomic E-state index is 12.5. The number of hydrogen-bond acceptors (Lipinski definition) is 4. The molecule has 1 saturated heterocycles. The first-order valence-electron chi connectivity index (χ1n) is 12.3. The second kappa shape index (κ2) is 10.5. The van der Waals surface area contributed by atoms with Gasteiger partial charge in [0.2, 0.25) is 11.8 Å². The Morgan fingerprint density at radius 2 is 1.83 bits per heavy atom. The van der Waals surface area contributed by atoms with Gasteiger partial charge in [0.1, 0.15) is 5.82 Å². The van der Waals surface area contributed by atoms with Gasteiger partial charge in [-0.1, -0.05) is 63.2 Å². The zero-order valence-corrected chi connectivity index (χ0v) is 21.8. The first kappa shape index (κ1) is 25.4. The lowest BCUT2D eigenvalue weighted by atomic mass is 9.92. The fraction of sp³-hybridized carbons (Fsp3) is 0.345. The molecule has 1 N–H and O–H groups in total. The number of para-hydroxylation sites is 1. The molecule has 7 nitrogen and oxygen atoms in total. The van der Waals surface area contributed by atoms with Gasteiger partial charge in [0, 0.05) is 49.8 Å². The standard InChI is InChI=1S/C29H35N5O2/c1-21-8-6-7-9-24(21)34-20-33(17-16-28(34)36)19-23-12-10-22(11-13-23)14-15-27(35)30-26-18-25(29(2,3)4)31-32(26)5/h6-15,18H,16-17,19-20H2,1-5H3,(H,30,35)/b15-14+. The normalized spacial score (nSPS) is 15.0. The third-order valence-corrected chi connectivity index (χ3v) is 6.40. The van der Waals surface area contributed by atoms with Crippen molar-refractivity contribution in [2.24, 2.45) is 7.05 Å². The summed E-state index contributed by atoms with van der Waals surface area (Å²) in [5.41, 5.74) is 5.04. The van der Waals surface area contributed by atoms with Crippen LogP contribution < -0.4 is 10.2 Å². The van der Waals surface area contributed by atoms with Crippen LogP contribution >= 0.6 is 0 Å². The van der Waals surface area contributed by atoms with E-state index < -0.39 is 0 Å². The predicted molar refractivity (Wildman–Crippen MR) is 145 cm³/mol. The number of carbonyl (C=O) groups excluding carboxylic acids is 2. The van der Waals surface area contributed by atoms with Gasteiger partial charge in [-0.15, -0.1) is 0 Å². The van der Waals surface area contributed by atoms with Crippen LogP contribution in [0.5, 0.6) is 0 Å². The molecule has 1 aliphatic rings. The van der Waals surface area contributed by atoms with E-state index in [4.69, 9.17) is 0 Å². The molecule has 0 radical (unpaired) electrons. The fourth-order valence-corrected chi connectivity index (χ4v) is 4.23. The summed E-state index contributed by atoms with van der Waals surface area (Å²) < 4.78 is 1.69. The van der Waals surface area contributed by atoms with Gasteiger partial charge in [0.05, 0.1) is 12.4 Å². The molecule has 0 aliphatic carbocycles. The van der Waals surface area contributed by atoms with E-state index in [0.29, 0.717) is 18.9 Å². The number of amides is 2. The Morgan fingerprint density at radius 3 is 2.50 bits per heavy atom. The second-order valence-corrected chi connectivity index (χ2v) is 10.4. The van der Waals surface area contributed by atoms with Crippen LogP contribution in [-0.4, -0.2) is 39.7 Å². The Bertz CT molecular complexity index is 1270. The highest BCUT2D eigenvalue weighted by Crippen LogP contribution is 2.25. The Balaban J connectivity index is 1.34. The summed E-state index contributed by atoms with van der Waals surface area (Å²) in [7, 11) is 1.83. The Hall–Kier alpha value is -3.71. The minimum Gasteiger partial charge on any atom is -0.307 e. The third-order valence-electron chi connectivity index (χ3n) is 6.40. The van der Waals surface area contributed by atoms with Crippen LogP contribution in [0.2, 0.25) is 0 Å². The third kappa shape index (κ3) is 6.10. The molecule has 7 heteroatoms. The molecule has 188 valence electrons. The molecule has 2 aromatic carbocycles. The van der Waals surface area contributed by atoms with Crippen LogP contribution in [0.25, 0.3) is 6.08 Å². The quantitative estimate of drug-likeness (QED) is 0.506. The van der Waals surface area contributed by atoms with Gasteiger partial charge in [-0.05, 0) is 35.8 Å². The van der Waals surface area contributed by atoms with Gasteiger partial charge in [-0.25, -0.2) is 0 Å². The molecule has 2 amide bonds. The smallest absolute Gasteiger partial charge is 0.249 e. The summed E-state index contributed by atoms with van der Waals surface area (Å²) in [6.07, 6.45) is 3.85. The van der Waals surface area contributed by atoms with Crippen molar-refractivity contribution in [1.29, 1.82) is 0 Å². The number of aryl methyl sites for hydroxylation is 2. The summed E-state index contributed by atoms with van der Waals surface area (Å²) in [6, 6.07) is 18.1. The molecule has 0 saturated carbocycles. The lowest BCUT2D eigenvalue weighted by molar-refractivity contribution is -0.121. The van der Waals surface area contributed by atoms with Crippen LogP contribution in [0.1, 0.15) is 49.6 Å². The summed E-state index contributed by atoms with van der Waals surface area (Å²) in [5.74, 6) is 0.640. The van der Waals surface area contributed by atoms with Gasteiger partial charge < -0.3 is 5.32 Å². The largest absolute Gasteiger partial charge is 0.307 e. The second-order valence-electron chi connectivity index (χ2n) is 10.4. The molecule has 4 rings (SSSR count). The number of nitrogens with one attached hydrogen (secondary N) is 1. The minimum atomic E-state index is -0.197. The molecule has 1 fully saturated rings. The van der Waals surface area contributed by atoms with E-state index in [1.807, 2.05) is 61.3 Å². The zero-order valence-electron chi connectivity index (χ0n) is 21.8. The van der Waals surface area contributed by atoms with Crippen LogP contribution in [0, 0.1) is 6.92 Å². The average Bonchev–Trinajstić information content (AvgIpc) is 3.21. The van der Waals surface area contributed by atoms with Gasteiger partial charge in [-0.2, -0.15) is 5.10 Å². The number of hydrogen-bond donors (Lipinski definition) is 1. The van der Waals surface area contributed by atoms with E-state index in [0.717, 1.165) is 35.6 Å². The SMILES string of the molecule is Cc1ccccc1N1CN(Cc2ccc(/C=C/C(=O)Nc3cc(C(C)(C)C)nn3C)cc2)CCC1=O. The number of carbonyl (C=O) groups is 2. The lowest BCUT2D eigenvalue weighted by Crippen LogP contribution is -2.48. The zero-order chi connectivity index (χ0) is 25.9. The van der Waals surface area contributed by atoms with Crippen molar-refractivity contribution in [2.75, 3.05) is 23.4 Å². The average molecular weight is 486 g/mol. The molecule has 0 unspecified atom stereocenters. The first-order chi connectivity index (χ1) is 17.1. The fourth-order valence-electron chi connectivity index (χ4n) is 4.23. The van der Waals surface area contributed by atoms with Gasteiger partial charge >= 0.3 is 0 Å². The Labute approximate surface area is 213 Å². The van der Waals surface area contributed by atoms with Crippen molar-refractivity contribution in [2.45, 2.75) is 46.1 Å². The van der Waals surface area contributed by atoms with Crippen molar-refractivity contribution < 1.29 is 9.59 Å². The number of anilines is 2. The Morgan fingerprint density at radius 1 is 1.11 bits per heavy atom. The molecule has 0 spiro atoms. The monoisotopic (exact) mass is 485 g/mol. The molecular weight excluding hydrogens is 450 g/mol. The summed E-state index contributed by atoms with van der Waals surface area (Å²) in [4.78, 5) is 29.2. The van der Waals surface area contributed by atoms with E-state index in [-0.39, 0.29) is 17.2 Å². The van der Waals surface area contributed by atoms with Crippen molar-refractivity contribution >= 4 is 29.4 Å². The van der Waals surface area contributed by atoms with Gasteiger partial charge in [0.15, 0.2) is 0 Å². The van der Waals surface area contributed by atoms with Crippen LogP contribution in [0.3, 0.4) is 0 Å². The molecule has 0 atom stereocenters. The molecule has 1 aliphatic heterocycles. The predicted octanol–water partition coefficient (Wildman–Crippen LogP) is 4.87. The highest BCUT2D eigenvalue weighted by atomic mass is 16.2. The van der Waals surface area contributed by atoms with Crippen LogP contribution in [-0.2, 0) is 28.6 Å². The molecule has 0 bridgehead atoms. The highest BCUT2D eigenvalue weighted by molar-refractivity contribution is 6.01. The number of nitrogens with zero attached hydrogens (tertiary/aromatic N) is 4. The summed E-state index contributed by atoms with van der Waals surface area (Å²) in [6.45, 7) is 10.4. The molecular formula is C29H35N5O2. The minimum absolute atomic E-state index is 0.0825. The highest BCUT2D eigenvalue weighted by Gasteiger charge is 2.25. The van der Waals surface area contributed by atoms with E-state index >= 15 is 0 Å². The summed E-state index contributed by atoms with van der Waals surface area (Å²) >= 11 is 0. The van der Waals surface area contributed by atoms with Crippen molar-refractivity contribution in [3.63, 3.8) is 0 Å². The van der Waals surface area contributed by atoms with E-state index in [2.05, 4.69) is 48.2 Å². The van der Waals surface area contributed by atoms with Crippen molar-refractivity contribution in [1.82, 2.24) is 14.7 Å². The number of benzene rings is 2. The maximum atomic E-state index is 12.5. The van der Waals surface area contributed by atoms with E-state index in [1.54, 1.807) is 10.8 Å². The first-order valence-corrected chi connectivity index (χ1v) is 12.3. The van der Waals surface area contributed by atoms with Crippen LogP contribution in [0.15, 0.2) is 60.7 Å². The van der Waals surface area contributed by atoms with Crippen LogP contribution in [0.4, 0.5) is 11.5 Å². The molecule has 2 heterocycles. The van der Waals surface area contributed by atoms with E-state index in [9.17, 15) is 9.59 Å². The molecule has 3 aromatic rings. The van der Waals surface area contributed by atoms with Gasteiger partial charge in [-0.3, -0.25) is 24.1 Å². The van der Waals surface area contributed by atoms with Crippen molar-refractivity contribution in [3.8, 4) is 0 Å². The van der Waals surface area contributed by atoms with Gasteiger partial charge in [0.25, 0.3) is 0 Å². The lowest BCUT2D eigenvalue weighted by Gasteiger charge is -2.36.